The van der Waals surface area contributed by atoms with E-state index in [9.17, 15) is 4.39 Å². The molecule has 2 heterocycles. The third-order valence-electron chi connectivity index (χ3n) is 2.94. The monoisotopic (exact) mass is 275 g/mol. The van der Waals surface area contributed by atoms with Crippen molar-refractivity contribution in [2.45, 2.75) is 25.4 Å². The van der Waals surface area contributed by atoms with E-state index in [1.54, 1.807) is 4.68 Å². The lowest BCUT2D eigenvalue weighted by Gasteiger charge is -2.18. The first-order valence-corrected chi connectivity index (χ1v) is 5.89. The van der Waals surface area contributed by atoms with Crippen LogP contribution in [0, 0.1) is 6.92 Å². The van der Waals surface area contributed by atoms with Crippen molar-refractivity contribution in [3.8, 4) is 0 Å². The van der Waals surface area contributed by atoms with Crippen molar-refractivity contribution in [3.05, 3.63) is 15.9 Å². The molecule has 15 heavy (non-hydrogen) atoms. The van der Waals surface area contributed by atoms with Crippen molar-refractivity contribution < 1.29 is 4.39 Å². The Balaban J connectivity index is 2.23. The Morgan fingerprint density at radius 3 is 2.87 bits per heavy atom. The Kier molecular flexibility index (Phi) is 2.85. The Hall–Kier alpha value is -0.420. The summed E-state index contributed by atoms with van der Waals surface area (Å²) in [6.07, 6.45) is 1.02. The zero-order valence-corrected chi connectivity index (χ0v) is 10.6. The molecular weight excluding hydrogens is 261 g/mol. The molecule has 0 amide bonds. The summed E-state index contributed by atoms with van der Waals surface area (Å²) in [7, 11) is 1.86. The van der Waals surface area contributed by atoms with E-state index in [0.29, 0.717) is 19.4 Å². The molecule has 0 saturated carbocycles. The minimum atomic E-state index is -1.11. The summed E-state index contributed by atoms with van der Waals surface area (Å²) in [4.78, 5) is 0. The normalized spacial score (nSPS) is 26.1. The second-order valence-corrected chi connectivity index (χ2v) is 5.02. The van der Waals surface area contributed by atoms with Crippen molar-refractivity contribution in [1.29, 1.82) is 0 Å². The standard InChI is InChI=1S/C10H15BrFN3/c1-7-9(11)8(15(2)14-7)5-10(12)3-4-13-6-10/h13H,3-6H2,1-2H3. The lowest BCUT2D eigenvalue weighted by molar-refractivity contribution is 0.186. The largest absolute Gasteiger partial charge is 0.313 e. The quantitative estimate of drug-likeness (QED) is 0.891. The molecule has 1 N–H and O–H groups in total. The molecule has 1 aromatic rings. The average molecular weight is 276 g/mol. The summed E-state index contributed by atoms with van der Waals surface area (Å²) < 4.78 is 16.9. The highest BCUT2D eigenvalue weighted by molar-refractivity contribution is 9.10. The van der Waals surface area contributed by atoms with Crippen LogP contribution in [-0.4, -0.2) is 28.5 Å². The molecule has 0 spiro atoms. The molecule has 0 aliphatic carbocycles. The predicted molar refractivity (Wildman–Crippen MR) is 60.7 cm³/mol. The Morgan fingerprint density at radius 2 is 2.40 bits per heavy atom. The molecule has 1 aliphatic heterocycles. The van der Waals surface area contributed by atoms with Crippen molar-refractivity contribution in [2.75, 3.05) is 13.1 Å². The van der Waals surface area contributed by atoms with Crippen LogP contribution in [0.2, 0.25) is 0 Å². The molecule has 84 valence electrons. The van der Waals surface area contributed by atoms with Gasteiger partial charge in [-0.2, -0.15) is 5.10 Å². The Bertz CT molecular complexity index is 369. The molecule has 1 fully saturated rings. The van der Waals surface area contributed by atoms with Gasteiger partial charge in [0.25, 0.3) is 0 Å². The van der Waals surface area contributed by atoms with Gasteiger partial charge in [0.2, 0.25) is 0 Å². The van der Waals surface area contributed by atoms with Crippen molar-refractivity contribution in [3.63, 3.8) is 0 Å². The molecule has 1 aromatic heterocycles. The molecule has 1 atom stereocenters. The van der Waals surface area contributed by atoms with E-state index in [1.165, 1.54) is 0 Å². The minimum absolute atomic E-state index is 0.428. The van der Waals surface area contributed by atoms with Crippen LogP contribution in [0.4, 0.5) is 4.39 Å². The molecule has 1 aliphatic rings. The fraction of sp³-hybridized carbons (Fsp3) is 0.700. The van der Waals surface area contributed by atoms with E-state index in [1.807, 2.05) is 14.0 Å². The summed E-state index contributed by atoms with van der Waals surface area (Å²) in [5.41, 5.74) is 0.753. The lowest BCUT2D eigenvalue weighted by atomic mass is 9.99. The van der Waals surface area contributed by atoms with Crippen LogP contribution in [0.1, 0.15) is 17.8 Å². The first-order chi connectivity index (χ1) is 7.02. The maximum atomic E-state index is 14.2. The van der Waals surface area contributed by atoms with E-state index < -0.39 is 5.67 Å². The second kappa shape index (κ2) is 3.87. The van der Waals surface area contributed by atoms with Gasteiger partial charge in [0.05, 0.1) is 15.9 Å². The SMILES string of the molecule is Cc1nn(C)c(CC2(F)CCNC2)c1Br. The number of aromatic nitrogens is 2. The third-order valence-corrected chi connectivity index (χ3v) is 3.97. The number of rotatable bonds is 2. The van der Waals surface area contributed by atoms with E-state index in [4.69, 9.17) is 0 Å². The van der Waals surface area contributed by atoms with Crippen LogP contribution < -0.4 is 5.32 Å². The summed E-state index contributed by atoms with van der Waals surface area (Å²) in [5.74, 6) is 0. The third kappa shape index (κ3) is 2.08. The van der Waals surface area contributed by atoms with Crippen molar-refractivity contribution in [1.82, 2.24) is 15.1 Å². The van der Waals surface area contributed by atoms with E-state index >= 15 is 0 Å². The van der Waals surface area contributed by atoms with Crippen LogP contribution in [0.3, 0.4) is 0 Å². The van der Waals surface area contributed by atoms with Gasteiger partial charge in [-0.25, -0.2) is 4.39 Å². The fourth-order valence-corrected chi connectivity index (χ4v) is 2.51. The molecule has 5 heteroatoms. The second-order valence-electron chi connectivity index (χ2n) is 4.22. The molecule has 0 bridgehead atoms. The van der Waals surface area contributed by atoms with Gasteiger partial charge in [0.1, 0.15) is 5.67 Å². The Morgan fingerprint density at radius 1 is 1.67 bits per heavy atom. The van der Waals surface area contributed by atoms with Crippen LogP contribution in [0.25, 0.3) is 0 Å². The number of halogens is 2. The number of nitrogens with zero attached hydrogens (tertiary/aromatic N) is 2. The van der Waals surface area contributed by atoms with Gasteiger partial charge in [0, 0.05) is 20.0 Å². The number of nitrogens with one attached hydrogen (secondary N) is 1. The Labute approximate surface area is 97.2 Å². The molecule has 1 saturated heterocycles. The van der Waals surface area contributed by atoms with E-state index in [-0.39, 0.29) is 0 Å². The summed E-state index contributed by atoms with van der Waals surface area (Å²) in [6.45, 7) is 3.14. The van der Waals surface area contributed by atoms with Crippen LogP contribution in [0.5, 0.6) is 0 Å². The number of alkyl halides is 1. The van der Waals surface area contributed by atoms with Crippen molar-refractivity contribution >= 4 is 15.9 Å². The molecule has 0 aromatic carbocycles. The summed E-state index contributed by atoms with van der Waals surface area (Å²) in [6, 6.07) is 0. The van der Waals surface area contributed by atoms with Gasteiger partial charge >= 0.3 is 0 Å². The minimum Gasteiger partial charge on any atom is -0.313 e. The molecule has 2 rings (SSSR count). The molecule has 0 radical (unpaired) electrons. The summed E-state index contributed by atoms with van der Waals surface area (Å²) >= 11 is 3.46. The highest BCUT2D eigenvalue weighted by atomic mass is 79.9. The maximum absolute atomic E-state index is 14.2. The molecule has 3 nitrogen and oxygen atoms in total. The zero-order valence-electron chi connectivity index (χ0n) is 8.98. The summed E-state index contributed by atoms with van der Waals surface area (Å²) in [5, 5.41) is 7.33. The van der Waals surface area contributed by atoms with E-state index in [2.05, 4.69) is 26.3 Å². The number of hydrogen-bond acceptors (Lipinski definition) is 2. The average Bonchev–Trinajstić information content (AvgIpc) is 2.68. The van der Waals surface area contributed by atoms with Gasteiger partial charge in [0.15, 0.2) is 0 Å². The van der Waals surface area contributed by atoms with Gasteiger partial charge in [-0.05, 0) is 35.8 Å². The molecule has 1 unspecified atom stereocenters. The van der Waals surface area contributed by atoms with Gasteiger partial charge in [-0.1, -0.05) is 0 Å². The van der Waals surface area contributed by atoms with Gasteiger partial charge in [-0.15, -0.1) is 0 Å². The molecular formula is C10H15BrFN3. The van der Waals surface area contributed by atoms with Gasteiger partial charge < -0.3 is 5.32 Å². The highest BCUT2D eigenvalue weighted by Gasteiger charge is 2.35. The number of aryl methyl sites for hydroxylation is 2. The topological polar surface area (TPSA) is 29.9 Å². The van der Waals surface area contributed by atoms with Crippen LogP contribution in [0.15, 0.2) is 4.47 Å². The highest BCUT2D eigenvalue weighted by Crippen LogP contribution is 2.29. The smallest absolute Gasteiger partial charge is 0.130 e. The van der Waals surface area contributed by atoms with Crippen LogP contribution in [-0.2, 0) is 13.5 Å². The maximum Gasteiger partial charge on any atom is 0.130 e. The zero-order chi connectivity index (χ0) is 11.1. The first-order valence-electron chi connectivity index (χ1n) is 5.09. The number of hydrogen-bond donors (Lipinski definition) is 1. The van der Waals surface area contributed by atoms with Crippen LogP contribution >= 0.6 is 15.9 Å². The van der Waals surface area contributed by atoms with Crippen molar-refractivity contribution in [2.24, 2.45) is 7.05 Å². The fourth-order valence-electron chi connectivity index (χ4n) is 2.04. The van der Waals surface area contributed by atoms with E-state index in [0.717, 1.165) is 22.4 Å². The predicted octanol–water partition coefficient (Wildman–Crippen LogP) is 1.74. The van der Waals surface area contributed by atoms with Gasteiger partial charge in [-0.3, -0.25) is 4.68 Å². The first kappa shape index (κ1) is 11.1. The lowest BCUT2D eigenvalue weighted by Crippen LogP contribution is -2.29.